The molecule has 19 heavy (non-hydrogen) atoms. The van der Waals surface area contributed by atoms with Crippen molar-refractivity contribution in [2.24, 2.45) is 11.8 Å². The lowest BCUT2D eigenvalue weighted by Gasteiger charge is -2.32. The molecule has 3 unspecified atom stereocenters. The number of benzene rings is 1. The Balaban J connectivity index is 1.55. The second-order valence-electron chi connectivity index (χ2n) is 6.59. The first-order valence-electron chi connectivity index (χ1n) is 7.90. The summed E-state index contributed by atoms with van der Waals surface area (Å²) >= 11 is 0. The summed E-state index contributed by atoms with van der Waals surface area (Å²) in [6.07, 6.45) is 3.87. The minimum absolute atomic E-state index is 0.771. The zero-order chi connectivity index (χ0) is 12.8. The van der Waals surface area contributed by atoms with Crippen molar-refractivity contribution in [3.63, 3.8) is 0 Å². The van der Waals surface area contributed by atoms with Crippen LogP contribution in [0.25, 0.3) is 0 Å². The molecule has 2 heteroatoms. The summed E-state index contributed by atoms with van der Waals surface area (Å²) in [7, 11) is 0. The zero-order valence-electron chi connectivity index (χ0n) is 11.8. The molecule has 2 heterocycles. The summed E-state index contributed by atoms with van der Waals surface area (Å²) in [5.74, 6) is 1.82. The SMILES string of the molecule is CCC1C2CNCC2CN1C1Cc2ccccc2C1. The molecule has 0 bridgehead atoms. The van der Waals surface area contributed by atoms with Crippen molar-refractivity contribution < 1.29 is 0 Å². The van der Waals surface area contributed by atoms with Gasteiger partial charge in [-0.15, -0.1) is 0 Å². The Morgan fingerprint density at radius 2 is 1.89 bits per heavy atom. The van der Waals surface area contributed by atoms with E-state index >= 15 is 0 Å². The van der Waals surface area contributed by atoms with Crippen LogP contribution >= 0.6 is 0 Å². The van der Waals surface area contributed by atoms with Gasteiger partial charge in [-0.2, -0.15) is 0 Å². The maximum absolute atomic E-state index is 3.59. The molecule has 1 aromatic rings. The van der Waals surface area contributed by atoms with Crippen LogP contribution in [0.15, 0.2) is 24.3 Å². The summed E-state index contributed by atoms with van der Waals surface area (Å²) < 4.78 is 0. The largest absolute Gasteiger partial charge is 0.316 e. The Kier molecular flexibility index (Phi) is 2.89. The number of nitrogens with zero attached hydrogens (tertiary/aromatic N) is 1. The van der Waals surface area contributed by atoms with Crippen LogP contribution in [0.2, 0.25) is 0 Å². The summed E-state index contributed by atoms with van der Waals surface area (Å²) in [5, 5.41) is 3.59. The molecule has 2 nitrogen and oxygen atoms in total. The monoisotopic (exact) mass is 256 g/mol. The highest BCUT2D eigenvalue weighted by molar-refractivity contribution is 5.33. The second-order valence-corrected chi connectivity index (χ2v) is 6.59. The highest BCUT2D eigenvalue weighted by atomic mass is 15.2. The van der Waals surface area contributed by atoms with E-state index in [1.165, 1.54) is 38.9 Å². The van der Waals surface area contributed by atoms with Crippen LogP contribution in [0.3, 0.4) is 0 Å². The van der Waals surface area contributed by atoms with E-state index in [2.05, 4.69) is 41.4 Å². The van der Waals surface area contributed by atoms with Gasteiger partial charge >= 0.3 is 0 Å². The van der Waals surface area contributed by atoms with Gasteiger partial charge in [0.1, 0.15) is 0 Å². The molecular formula is C17H24N2. The summed E-state index contributed by atoms with van der Waals surface area (Å²) in [5.41, 5.74) is 3.19. The lowest BCUT2D eigenvalue weighted by molar-refractivity contribution is 0.159. The van der Waals surface area contributed by atoms with Crippen LogP contribution in [-0.2, 0) is 12.8 Å². The predicted molar refractivity (Wildman–Crippen MR) is 78.3 cm³/mol. The van der Waals surface area contributed by atoms with Crippen molar-refractivity contribution in [3.8, 4) is 0 Å². The first-order valence-corrected chi connectivity index (χ1v) is 7.90. The van der Waals surface area contributed by atoms with E-state index in [9.17, 15) is 0 Å². The molecular weight excluding hydrogens is 232 g/mol. The lowest BCUT2D eigenvalue weighted by Crippen LogP contribution is -2.42. The third-order valence-corrected chi connectivity index (χ3v) is 5.67. The molecule has 3 atom stereocenters. The molecule has 2 aliphatic heterocycles. The van der Waals surface area contributed by atoms with Crippen molar-refractivity contribution in [3.05, 3.63) is 35.4 Å². The fraction of sp³-hybridized carbons (Fsp3) is 0.647. The van der Waals surface area contributed by atoms with E-state index in [4.69, 9.17) is 0 Å². The minimum Gasteiger partial charge on any atom is -0.316 e. The van der Waals surface area contributed by atoms with E-state index in [-0.39, 0.29) is 0 Å². The van der Waals surface area contributed by atoms with Crippen molar-refractivity contribution in [1.29, 1.82) is 0 Å². The summed E-state index contributed by atoms with van der Waals surface area (Å²) in [6, 6.07) is 10.6. The Hall–Kier alpha value is -0.860. The van der Waals surface area contributed by atoms with Crippen LogP contribution in [0.1, 0.15) is 24.5 Å². The quantitative estimate of drug-likeness (QED) is 0.871. The summed E-state index contributed by atoms with van der Waals surface area (Å²) in [6.45, 7) is 6.20. The number of fused-ring (bicyclic) bond motifs is 2. The average Bonchev–Trinajstić information content (AvgIpc) is 3.10. The summed E-state index contributed by atoms with van der Waals surface area (Å²) in [4.78, 5) is 2.86. The van der Waals surface area contributed by atoms with Crippen molar-refractivity contribution >= 4 is 0 Å². The van der Waals surface area contributed by atoms with Gasteiger partial charge in [0.2, 0.25) is 0 Å². The first kappa shape index (κ1) is 11.9. The smallest absolute Gasteiger partial charge is 0.0179 e. The molecule has 0 spiro atoms. The molecule has 0 aromatic heterocycles. The molecule has 0 saturated carbocycles. The Bertz CT molecular complexity index is 445. The van der Waals surface area contributed by atoms with Gasteiger partial charge in [-0.05, 0) is 55.3 Å². The zero-order valence-corrected chi connectivity index (χ0v) is 11.8. The number of hydrogen-bond acceptors (Lipinski definition) is 2. The van der Waals surface area contributed by atoms with Gasteiger partial charge < -0.3 is 5.32 Å². The van der Waals surface area contributed by atoms with Gasteiger partial charge in [0.05, 0.1) is 0 Å². The van der Waals surface area contributed by atoms with E-state index in [0.29, 0.717) is 0 Å². The van der Waals surface area contributed by atoms with Crippen LogP contribution < -0.4 is 5.32 Å². The maximum atomic E-state index is 3.59. The van der Waals surface area contributed by atoms with Gasteiger partial charge in [0.15, 0.2) is 0 Å². The molecule has 0 radical (unpaired) electrons. The number of rotatable bonds is 2. The maximum Gasteiger partial charge on any atom is 0.0179 e. The number of likely N-dealkylation sites (tertiary alicyclic amines) is 1. The molecule has 1 aromatic carbocycles. The van der Waals surface area contributed by atoms with Gasteiger partial charge in [-0.3, -0.25) is 4.90 Å². The van der Waals surface area contributed by atoms with Crippen LogP contribution in [0, 0.1) is 11.8 Å². The Morgan fingerprint density at radius 3 is 2.58 bits per heavy atom. The molecule has 2 fully saturated rings. The highest BCUT2D eigenvalue weighted by Gasteiger charge is 2.46. The van der Waals surface area contributed by atoms with E-state index in [0.717, 1.165) is 23.9 Å². The van der Waals surface area contributed by atoms with Gasteiger partial charge in [0, 0.05) is 18.6 Å². The van der Waals surface area contributed by atoms with Crippen LogP contribution in [-0.4, -0.2) is 36.6 Å². The van der Waals surface area contributed by atoms with Crippen LogP contribution in [0.4, 0.5) is 0 Å². The molecule has 0 amide bonds. The normalized spacial score (nSPS) is 34.7. The molecule has 2 saturated heterocycles. The molecule has 102 valence electrons. The highest BCUT2D eigenvalue weighted by Crippen LogP contribution is 2.38. The minimum atomic E-state index is 0.771. The topological polar surface area (TPSA) is 15.3 Å². The van der Waals surface area contributed by atoms with Crippen molar-refractivity contribution in [2.45, 2.75) is 38.3 Å². The lowest BCUT2D eigenvalue weighted by atomic mass is 9.92. The first-order chi connectivity index (χ1) is 9.36. The fourth-order valence-electron chi connectivity index (χ4n) is 4.78. The number of nitrogens with one attached hydrogen (secondary N) is 1. The third-order valence-electron chi connectivity index (χ3n) is 5.67. The van der Waals surface area contributed by atoms with Gasteiger partial charge in [0.25, 0.3) is 0 Å². The molecule has 1 aliphatic carbocycles. The van der Waals surface area contributed by atoms with Gasteiger partial charge in [-0.25, -0.2) is 0 Å². The molecule has 1 N–H and O–H groups in total. The van der Waals surface area contributed by atoms with Crippen molar-refractivity contribution in [1.82, 2.24) is 10.2 Å². The fourth-order valence-corrected chi connectivity index (χ4v) is 4.78. The number of hydrogen-bond donors (Lipinski definition) is 1. The van der Waals surface area contributed by atoms with E-state index in [1.54, 1.807) is 11.1 Å². The van der Waals surface area contributed by atoms with Crippen LogP contribution in [0.5, 0.6) is 0 Å². The van der Waals surface area contributed by atoms with E-state index in [1.807, 2.05) is 0 Å². The van der Waals surface area contributed by atoms with Gasteiger partial charge in [-0.1, -0.05) is 31.2 Å². The van der Waals surface area contributed by atoms with Crippen molar-refractivity contribution in [2.75, 3.05) is 19.6 Å². The Morgan fingerprint density at radius 1 is 1.16 bits per heavy atom. The molecule has 4 rings (SSSR count). The third kappa shape index (κ3) is 1.85. The average molecular weight is 256 g/mol. The second kappa shape index (κ2) is 4.60. The predicted octanol–water partition coefficient (Wildman–Crippen LogP) is 2.08. The standard InChI is InChI=1S/C17H24N2/c1-2-17-16-10-18-9-14(16)11-19(17)15-7-12-5-3-4-6-13(12)8-15/h3-6,14-18H,2,7-11H2,1H3. The Labute approximate surface area is 116 Å². The molecule has 3 aliphatic rings. The van der Waals surface area contributed by atoms with E-state index < -0.39 is 0 Å².